The van der Waals surface area contributed by atoms with Crippen LogP contribution in [0.5, 0.6) is 0 Å². The second-order valence-corrected chi connectivity index (χ2v) is 9.32. The van der Waals surface area contributed by atoms with E-state index in [0.717, 1.165) is 25.2 Å². The first-order chi connectivity index (χ1) is 16.9. The van der Waals surface area contributed by atoms with Crippen molar-refractivity contribution in [1.29, 1.82) is 0 Å². The highest BCUT2D eigenvalue weighted by Crippen LogP contribution is 2.45. The lowest BCUT2D eigenvalue weighted by molar-refractivity contribution is -0.140. The molecule has 1 aromatic carbocycles. The minimum absolute atomic E-state index is 0.0311. The van der Waals surface area contributed by atoms with Gasteiger partial charge < -0.3 is 25.5 Å². The molecule has 2 aliphatic rings. The third-order valence-corrected chi connectivity index (χ3v) is 7.47. The summed E-state index contributed by atoms with van der Waals surface area (Å²) in [6, 6.07) is 7.03. The molecule has 1 aliphatic carbocycles. The maximum absolute atomic E-state index is 13.6. The number of rotatable bonds is 11. The molecule has 3 rings (SSSR count). The van der Waals surface area contributed by atoms with Crippen LogP contribution in [0.4, 0.5) is 11.4 Å². The summed E-state index contributed by atoms with van der Waals surface area (Å²) in [5, 5.41) is 15.0. The van der Waals surface area contributed by atoms with Gasteiger partial charge in [-0.15, -0.1) is 0 Å². The first kappa shape index (κ1) is 26.7. The van der Waals surface area contributed by atoms with Crippen LogP contribution in [0.15, 0.2) is 36.4 Å². The van der Waals surface area contributed by atoms with Gasteiger partial charge in [0, 0.05) is 50.6 Å². The third kappa shape index (κ3) is 5.53. The number of amides is 3. The molecule has 1 saturated heterocycles. The summed E-state index contributed by atoms with van der Waals surface area (Å²) in [7, 11) is 1.59. The average molecular weight is 485 g/mol. The highest BCUT2D eigenvalue weighted by Gasteiger charge is 2.56. The highest BCUT2D eigenvalue weighted by molar-refractivity contribution is 6.02. The second-order valence-electron chi connectivity index (χ2n) is 9.32. The normalized spacial score (nSPS) is 25.3. The number of nitrogens with zero attached hydrogens (tertiary/aromatic N) is 2. The van der Waals surface area contributed by atoms with Crippen LogP contribution in [0.3, 0.4) is 0 Å². The van der Waals surface area contributed by atoms with Gasteiger partial charge in [0.1, 0.15) is 6.04 Å². The van der Waals surface area contributed by atoms with Crippen molar-refractivity contribution in [2.45, 2.75) is 46.1 Å². The SMILES string of the molecule is CC[C@@H]1C=C[C@H]2[C@@H](C(=O)N(CCCCO)[C@@H]2C(=O)Nc2ccc(N(CC)CC)cc2)[C@@H]1C(=O)NC. The molecule has 1 aromatic rings. The summed E-state index contributed by atoms with van der Waals surface area (Å²) >= 11 is 0. The van der Waals surface area contributed by atoms with Crippen molar-refractivity contribution in [3.63, 3.8) is 0 Å². The van der Waals surface area contributed by atoms with Crippen LogP contribution in [-0.4, -0.2) is 67.1 Å². The summed E-state index contributed by atoms with van der Waals surface area (Å²) < 4.78 is 0. The molecule has 5 atom stereocenters. The number of likely N-dealkylation sites (tertiary alicyclic amines) is 1. The lowest BCUT2D eigenvalue weighted by Crippen LogP contribution is -2.45. The quantitative estimate of drug-likeness (QED) is 0.331. The van der Waals surface area contributed by atoms with Crippen molar-refractivity contribution in [1.82, 2.24) is 10.2 Å². The van der Waals surface area contributed by atoms with Crippen LogP contribution >= 0.6 is 0 Å². The number of hydrogen-bond acceptors (Lipinski definition) is 5. The first-order valence-electron chi connectivity index (χ1n) is 12.9. The fourth-order valence-electron chi connectivity index (χ4n) is 5.61. The zero-order valence-electron chi connectivity index (χ0n) is 21.4. The zero-order valence-corrected chi connectivity index (χ0v) is 21.4. The van der Waals surface area contributed by atoms with E-state index in [9.17, 15) is 19.5 Å². The van der Waals surface area contributed by atoms with E-state index < -0.39 is 17.9 Å². The third-order valence-electron chi connectivity index (χ3n) is 7.47. The van der Waals surface area contributed by atoms with Crippen molar-refractivity contribution in [2.24, 2.45) is 23.7 Å². The highest BCUT2D eigenvalue weighted by atomic mass is 16.3. The summed E-state index contributed by atoms with van der Waals surface area (Å²) in [5.41, 5.74) is 1.76. The van der Waals surface area contributed by atoms with Crippen LogP contribution in [0.25, 0.3) is 0 Å². The molecule has 1 aliphatic heterocycles. The molecule has 0 bridgehead atoms. The van der Waals surface area contributed by atoms with Crippen molar-refractivity contribution in [2.75, 3.05) is 43.5 Å². The number of aliphatic hydroxyl groups is 1. The molecule has 8 nitrogen and oxygen atoms in total. The maximum Gasteiger partial charge on any atom is 0.247 e. The van der Waals surface area contributed by atoms with Gasteiger partial charge >= 0.3 is 0 Å². The molecule has 0 unspecified atom stereocenters. The van der Waals surface area contributed by atoms with Gasteiger partial charge in [0.2, 0.25) is 17.7 Å². The Hall–Kier alpha value is -2.87. The lowest BCUT2D eigenvalue weighted by atomic mass is 9.69. The predicted octanol–water partition coefficient (Wildman–Crippen LogP) is 2.65. The van der Waals surface area contributed by atoms with Crippen LogP contribution in [0.1, 0.15) is 40.0 Å². The van der Waals surface area contributed by atoms with Gasteiger partial charge in [-0.25, -0.2) is 0 Å². The molecular formula is C27H40N4O4. The first-order valence-corrected chi connectivity index (χ1v) is 12.9. The smallest absolute Gasteiger partial charge is 0.247 e. The number of unbranched alkanes of at least 4 members (excludes halogenated alkanes) is 1. The molecule has 35 heavy (non-hydrogen) atoms. The molecular weight excluding hydrogens is 444 g/mol. The zero-order chi connectivity index (χ0) is 25.5. The van der Waals surface area contributed by atoms with Crippen molar-refractivity contribution in [3.8, 4) is 0 Å². The molecule has 3 N–H and O–H groups in total. The molecule has 0 aromatic heterocycles. The Morgan fingerprint density at radius 3 is 2.29 bits per heavy atom. The van der Waals surface area contributed by atoms with E-state index in [-0.39, 0.29) is 36.2 Å². The lowest BCUT2D eigenvalue weighted by Gasteiger charge is -2.33. The van der Waals surface area contributed by atoms with Crippen LogP contribution in [0.2, 0.25) is 0 Å². The predicted molar refractivity (Wildman–Crippen MR) is 138 cm³/mol. The number of aliphatic hydroxyl groups excluding tert-OH is 1. The van der Waals surface area contributed by atoms with Crippen LogP contribution in [0, 0.1) is 23.7 Å². The summed E-state index contributed by atoms with van der Waals surface area (Å²) in [6.07, 6.45) is 5.86. The standard InChI is InChI=1S/C27H40N4O4/c1-5-18-10-15-21-23(22(18)25(33)28-4)27(35)31(16-8-9-17-32)24(21)26(34)29-19-11-13-20(14-12-19)30(6-2)7-3/h10-15,18,21-24,32H,5-9,16-17H2,1-4H3,(H,28,33)(H,29,34)/t18-,21+,22-,23-,24+/m1/s1. The van der Waals surface area contributed by atoms with Gasteiger partial charge in [-0.05, 0) is 63.3 Å². The van der Waals surface area contributed by atoms with Gasteiger partial charge in [-0.2, -0.15) is 0 Å². The van der Waals surface area contributed by atoms with Crippen LogP contribution in [-0.2, 0) is 14.4 Å². The van der Waals surface area contributed by atoms with E-state index in [1.807, 2.05) is 43.3 Å². The summed E-state index contributed by atoms with van der Waals surface area (Å²) in [5.74, 6) is -2.06. The van der Waals surface area contributed by atoms with Crippen molar-refractivity contribution >= 4 is 29.1 Å². The number of hydrogen-bond donors (Lipinski definition) is 3. The Bertz CT molecular complexity index is 912. The average Bonchev–Trinajstić information content (AvgIpc) is 3.16. The van der Waals surface area contributed by atoms with Gasteiger partial charge in [0.15, 0.2) is 0 Å². The van der Waals surface area contributed by atoms with Crippen molar-refractivity contribution in [3.05, 3.63) is 36.4 Å². The molecule has 0 spiro atoms. The second kappa shape index (κ2) is 12.2. The largest absolute Gasteiger partial charge is 0.396 e. The number of carbonyl (C=O) groups is 3. The fourth-order valence-corrected chi connectivity index (χ4v) is 5.61. The number of benzene rings is 1. The van der Waals surface area contributed by atoms with Gasteiger partial charge in [0.05, 0.1) is 11.8 Å². The Labute approximate surface area is 208 Å². The molecule has 192 valence electrons. The van der Waals surface area contributed by atoms with Gasteiger partial charge in [-0.1, -0.05) is 19.1 Å². The van der Waals surface area contributed by atoms with Gasteiger partial charge in [0.25, 0.3) is 0 Å². The fraction of sp³-hybridized carbons (Fsp3) is 0.593. The summed E-state index contributed by atoms with van der Waals surface area (Å²) in [4.78, 5) is 43.9. The number of carbonyl (C=O) groups excluding carboxylic acids is 3. The van der Waals surface area contributed by atoms with E-state index in [1.165, 1.54) is 0 Å². The van der Waals surface area contributed by atoms with Crippen molar-refractivity contribution < 1.29 is 19.5 Å². The molecule has 1 heterocycles. The Kier molecular flexibility index (Phi) is 9.32. The number of anilines is 2. The number of nitrogens with one attached hydrogen (secondary N) is 2. The van der Waals surface area contributed by atoms with E-state index in [1.54, 1.807) is 11.9 Å². The monoisotopic (exact) mass is 484 g/mol. The maximum atomic E-state index is 13.6. The number of allylic oxidation sites excluding steroid dienone is 1. The minimum Gasteiger partial charge on any atom is -0.396 e. The van der Waals surface area contributed by atoms with Gasteiger partial charge in [-0.3, -0.25) is 14.4 Å². The number of fused-ring (bicyclic) bond motifs is 1. The Morgan fingerprint density at radius 2 is 1.71 bits per heavy atom. The molecule has 3 amide bonds. The molecule has 8 heteroatoms. The Balaban J connectivity index is 1.89. The van der Waals surface area contributed by atoms with Crippen LogP contribution < -0.4 is 15.5 Å². The summed E-state index contributed by atoms with van der Waals surface area (Å²) in [6.45, 7) is 8.41. The van der Waals surface area contributed by atoms with E-state index >= 15 is 0 Å². The topological polar surface area (TPSA) is 102 Å². The van der Waals surface area contributed by atoms with E-state index in [4.69, 9.17) is 0 Å². The Morgan fingerprint density at radius 1 is 1.03 bits per heavy atom. The molecule has 0 radical (unpaired) electrons. The molecule has 1 fully saturated rings. The van der Waals surface area contributed by atoms with E-state index in [2.05, 4.69) is 29.4 Å². The molecule has 0 saturated carbocycles. The van der Waals surface area contributed by atoms with E-state index in [0.29, 0.717) is 25.1 Å². The minimum atomic E-state index is -0.699.